The lowest BCUT2D eigenvalue weighted by molar-refractivity contribution is -0.137. The van der Waals surface area contributed by atoms with Crippen molar-refractivity contribution in [2.24, 2.45) is 0 Å². The molecular formula is C15H18F3N5O3. The number of rotatable bonds is 7. The number of nitrogens with zero attached hydrogens (tertiary/aromatic N) is 3. The Bertz CT molecular complexity index is 782. The second-order valence-electron chi connectivity index (χ2n) is 5.47. The Morgan fingerprint density at radius 1 is 1.27 bits per heavy atom. The number of halogens is 3. The van der Waals surface area contributed by atoms with E-state index in [9.17, 15) is 22.8 Å². The first kappa shape index (κ1) is 19.5. The van der Waals surface area contributed by atoms with Crippen LogP contribution < -0.4 is 10.6 Å². The Morgan fingerprint density at radius 3 is 2.54 bits per heavy atom. The van der Waals surface area contributed by atoms with E-state index in [1.165, 1.54) is 0 Å². The van der Waals surface area contributed by atoms with Crippen molar-refractivity contribution in [3.05, 3.63) is 35.0 Å². The summed E-state index contributed by atoms with van der Waals surface area (Å²) in [4.78, 5) is 23.6. The molecule has 2 heterocycles. The molecule has 0 saturated heterocycles. The largest absolute Gasteiger partial charge is 0.419 e. The van der Waals surface area contributed by atoms with E-state index in [2.05, 4.69) is 20.9 Å². The fourth-order valence-electron chi connectivity index (χ4n) is 2.17. The third kappa shape index (κ3) is 4.83. The minimum atomic E-state index is -4.50. The molecule has 0 radical (unpaired) electrons. The Balaban J connectivity index is 1.74. The predicted molar refractivity (Wildman–Crippen MR) is 83.2 cm³/mol. The van der Waals surface area contributed by atoms with E-state index in [0.717, 1.165) is 10.9 Å². The van der Waals surface area contributed by atoms with E-state index < -0.39 is 23.6 Å². The van der Waals surface area contributed by atoms with E-state index in [1.54, 1.807) is 6.92 Å². The van der Waals surface area contributed by atoms with E-state index in [4.69, 9.17) is 4.52 Å². The summed E-state index contributed by atoms with van der Waals surface area (Å²) in [5, 5.41) is 12.3. The van der Waals surface area contributed by atoms with Crippen LogP contribution in [0.2, 0.25) is 0 Å². The van der Waals surface area contributed by atoms with Crippen molar-refractivity contribution in [1.82, 2.24) is 25.6 Å². The van der Waals surface area contributed by atoms with Crippen LogP contribution in [0.25, 0.3) is 0 Å². The van der Waals surface area contributed by atoms with Crippen molar-refractivity contribution in [1.29, 1.82) is 0 Å². The zero-order valence-electron chi connectivity index (χ0n) is 14.2. The fourth-order valence-corrected chi connectivity index (χ4v) is 2.17. The number of aromatic nitrogens is 3. The number of carbonyl (C=O) groups is 2. The van der Waals surface area contributed by atoms with E-state index >= 15 is 0 Å². The number of nitrogens with one attached hydrogen (secondary N) is 2. The summed E-state index contributed by atoms with van der Waals surface area (Å²) in [6.07, 6.45) is -2.46. The SMILES string of the molecule is CCc1noc(C(=O)NCCNC(=O)Cn2cc(C(F)(F)F)cn2)c1C. The van der Waals surface area contributed by atoms with Crippen LogP contribution in [0.15, 0.2) is 16.9 Å². The molecule has 0 aliphatic rings. The highest BCUT2D eigenvalue weighted by molar-refractivity contribution is 5.92. The van der Waals surface area contributed by atoms with E-state index in [-0.39, 0.29) is 25.4 Å². The molecule has 0 saturated carbocycles. The van der Waals surface area contributed by atoms with Crippen LogP contribution in [0.1, 0.15) is 34.3 Å². The predicted octanol–water partition coefficient (Wildman–Crippen LogP) is 1.31. The van der Waals surface area contributed by atoms with Gasteiger partial charge in [0.05, 0.1) is 17.5 Å². The Kier molecular flexibility index (Phi) is 6.01. The third-order valence-electron chi connectivity index (χ3n) is 3.56. The molecule has 11 heteroatoms. The molecule has 0 aliphatic heterocycles. The van der Waals surface area contributed by atoms with Gasteiger partial charge in [-0.05, 0) is 13.3 Å². The molecular weight excluding hydrogens is 355 g/mol. The van der Waals surface area contributed by atoms with Gasteiger partial charge in [0.2, 0.25) is 11.7 Å². The number of aryl methyl sites for hydroxylation is 1. The zero-order chi connectivity index (χ0) is 19.3. The number of amides is 2. The molecule has 2 N–H and O–H groups in total. The van der Waals surface area contributed by atoms with Crippen LogP contribution in [0.3, 0.4) is 0 Å². The van der Waals surface area contributed by atoms with Gasteiger partial charge in [-0.2, -0.15) is 18.3 Å². The molecule has 0 atom stereocenters. The third-order valence-corrected chi connectivity index (χ3v) is 3.56. The summed E-state index contributed by atoms with van der Waals surface area (Å²) < 4.78 is 43.2. The van der Waals surface area contributed by atoms with Crippen LogP contribution >= 0.6 is 0 Å². The fraction of sp³-hybridized carbons (Fsp3) is 0.467. The lowest BCUT2D eigenvalue weighted by atomic mass is 10.2. The molecule has 0 unspecified atom stereocenters. The van der Waals surface area contributed by atoms with Gasteiger partial charge < -0.3 is 15.2 Å². The molecule has 0 aliphatic carbocycles. The van der Waals surface area contributed by atoms with Crippen LogP contribution in [0.4, 0.5) is 13.2 Å². The molecule has 0 bridgehead atoms. The van der Waals surface area contributed by atoms with Crippen molar-refractivity contribution < 1.29 is 27.3 Å². The van der Waals surface area contributed by atoms with Crippen LogP contribution in [0, 0.1) is 6.92 Å². The van der Waals surface area contributed by atoms with Crippen molar-refractivity contribution >= 4 is 11.8 Å². The molecule has 2 aromatic heterocycles. The summed E-state index contributed by atoms with van der Waals surface area (Å²) in [6, 6.07) is 0. The van der Waals surface area contributed by atoms with Gasteiger partial charge in [-0.1, -0.05) is 12.1 Å². The first-order chi connectivity index (χ1) is 12.2. The molecule has 0 aromatic carbocycles. The maximum Gasteiger partial charge on any atom is 0.419 e. The van der Waals surface area contributed by atoms with Gasteiger partial charge in [-0.15, -0.1) is 0 Å². The molecule has 142 valence electrons. The quantitative estimate of drug-likeness (QED) is 0.713. The summed E-state index contributed by atoms with van der Waals surface area (Å²) >= 11 is 0. The van der Waals surface area contributed by atoms with Crippen molar-refractivity contribution in [3.8, 4) is 0 Å². The highest BCUT2D eigenvalue weighted by atomic mass is 19.4. The second kappa shape index (κ2) is 8.02. The Hall–Kier alpha value is -2.85. The summed E-state index contributed by atoms with van der Waals surface area (Å²) in [5.74, 6) is -0.865. The van der Waals surface area contributed by atoms with Gasteiger partial charge in [0, 0.05) is 24.8 Å². The molecule has 0 fully saturated rings. The molecule has 0 spiro atoms. The van der Waals surface area contributed by atoms with Gasteiger partial charge in [0.25, 0.3) is 5.91 Å². The minimum absolute atomic E-state index is 0.103. The normalized spacial score (nSPS) is 11.4. The minimum Gasteiger partial charge on any atom is -0.353 e. The highest BCUT2D eigenvalue weighted by Crippen LogP contribution is 2.28. The average molecular weight is 373 g/mol. The lowest BCUT2D eigenvalue weighted by Gasteiger charge is -2.06. The van der Waals surface area contributed by atoms with Crippen LogP contribution in [-0.2, 0) is 23.9 Å². The van der Waals surface area contributed by atoms with Crippen molar-refractivity contribution in [3.63, 3.8) is 0 Å². The molecule has 2 rings (SSSR count). The van der Waals surface area contributed by atoms with Gasteiger partial charge in [-0.3, -0.25) is 14.3 Å². The smallest absolute Gasteiger partial charge is 0.353 e. The van der Waals surface area contributed by atoms with Gasteiger partial charge in [0.15, 0.2) is 0 Å². The lowest BCUT2D eigenvalue weighted by Crippen LogP contribution is -2.36. The van der Waals surface area contributed by atoms with Crippen molar-refractivity contribution in [2.75, 3.05) is 13.1 Å². The maximum absolute atomic E-state index is 12.4. The molecule has 8 nitrogen and oxygen atoms in total. The maximum atomic E-state index is 12.4. The average Bonchev–Trinajstić information content (AvgIpc) is 3.17. The van der Waals surface area contributed by atoms with E-state index in [0.29, 0.717) is 23.9 Å². The number of carbonyl (C=O) groups excluding carboxylic acids is 2. The molecule has 26 heavy (non-hydrogen) atoms. The van der Waals surface area contributed by atoms with Gasteiger partial charge in [-0.25, -0.2) is 0 Å². The summed E-state index contributed by atoms with van der Waals surface area (Å²) in [7, 11) is 0. The van der Waals surface area contributed by atoms with Crippen LogP contribution in [0.5, 0.6) is 0 Å². The Morgan fingerprint density at radius 2 is 1.96 bits per heavy atom. The highest BCUT2D eigenvalue weighted by Gasteiger charge is 2.32. The second-order valence-corrected chi connectivity index (χ2v) is 5.47. The zero-order valence-corrected chi connectivity index (χ0v) is 14.2. The van der Waals surface area contributed by atoms with Gasteiger partial charge >= 0.3 is 6.18 Å². The van der Waals surface area contributed by atoms with Crippen LogP contribution in [-0.4, -0.2) is 39.8 Å². The van der Waals surface area contributed by atoms with E-state index in [1.807, 2.05) is 6.92 Å². The number of hydrogen-bond donors (Lipinski definition) is 2. The number of hydrogen-bond acceptors (Lipinski definition) is 5. The number of alkyl halides is 3. The van der Waals surface area contributed by atoms with Gasteiger partial charge in [0.1, 0.15) is 6.54 Å². The first-order valence-electron chi connectivity index (χ1n) is 7.82. The Labute approximate surface area is 146 Å². The summed E-state index contributed by atoms with van der Waals surface area (Å²) in [5.41, 5.74) is 0.431. The monoisotopic (exact) mass is 373 g/mol. The first-order valence-corrected chi connectivity index (χ1v) is 7.82. The molecule has 2 amide bonds. The van der Waals surface area contributed by atoms with Crippen molar-refractivity contribution in [2.45, 2.75) is 33.0 Å². The standard InChI is InChI=1S/C15H18F3N5O3/c1-3-11-9(2)13(26-22-11)14(25)20-5-4-19-12(24)8-23-7-10(6-21-23)15(16,17)18/h6-7H,3-5,8H2,1-2H3,(H,19,24)(H,20,25). The topological polar surface area (TPSA) is 102 Å². The molecule has 2 aromatic rings. The summed E-state index contributed by atoms with van der Waals surface area (Å²) in [6.45, 7) is 3.49.